The Morgan fingerprint density at radius 3 is 2.67 bits per heavy atom. The number of halogens is 4. The molecule has 0 bridgehead atoms. The minimum Gasteiger partial charge on any atom is -0.401 e. The Labute approximate surface area is 112 Å². The number of alkyl halides is 3. The van der Waals surface area contributed by atoms with E-state index in [0.29, 0.717) is 6.20 Å². The lowest BCUT2D eigenvalue weighted by molar-refractivity contribution is -0.390. The summed E-state index contributed by atoms with van der Waals surface area (Å²) in [4.78, 5) is 13.0. The Morgan fingerprint density at radius 1 is 1.61 bits per heavy atom. The van der Waals surface area contributed by atoms with E-state index < -0.39 is 29.3 Å². The molecule has 18 heavy (non-hydrogen) atoms. The molecule has 0 radical (unpaired) electrons. The van der Waals surface area contributed by atoms with Gasteiger partial charge in [-0.3, -0.25) is 0 Å². The van der Waals surface area contributed by atoms with Gasteiger partial charge in [-0.15, -0.1) is 13.2 Å². The third kappa shape index (κ3) is 3.42. The average Bonchev–Trinajstić information content (AvgIpc) is 2.21. The number of pyridine rings is 1. The highest BCUT2D eigenvalue weighted by Crippen LogP contribution is 2.32. The van der Waals surface area contributed by atoms with Crippen molar-refractivity contribution in [2.75, 3.05) is 0 Å². The van der Waals surface area contributed by atoms with Crippen molar-refractivity contribution in [1.29, 1.82) is 5.26 Å². The Morgan fingerprint density at radius 2 is 2.22 bits per heavy atom. The van der Waals surface area contributed by atoms with Gasteiger partial charge < -0.3 is 14.9 Å². The summed E-state index contributed by atoms with van der Waals surface area (Å²) in [5.41, 5.74) is -0.211. The monoisotopic (exact) mass is 373 g/mol. The lowest BCUT2D eigenvalue weighted by atomic mass is 10.2. The van der Waals surface area contributed by atoms with Crippen LogP contribution >= 0.6 is 22.6 Å². The Balaban J connectivity index is 3.33. The lowest BCUT2D eigenvalue weighted by Gasteiger charge is -2.11. The second kappa shape index (κ2) is 5.34. The topological polar surface area (TPSA) is 89.0 Å². The van der Waals surface area contributed by atoms with Crippen LogP contribution in [0.1, 0.15) is 5.56 Å². The van der Waals surface area contributed by atoms with Crippen LogP contribution in [0.4, 0.5) is 19.0 Å². The van der Waals surface area contributed by atoms with E-state index >= 15 is 0 Å². The van der Waals surface area contributed by atoms with Crippen LogP contribution in [0.2, 0.25) is 0 Å². The maximum Gasteiger partial charge on any atom is 0.573 e. The van der Waals surface area contributed by atoms with Crippen molar-refractivity contribution in [3.63, 3.8) is 0 Å². The van der Waals surface area contributed by atoms with Gasteiger partial charge >= 0.3 is 12.2 Å². The fraction of sp³-hybridized carbons (Fsp3) is 0.250. The maximum absolute atomic E-state index is 12.1. The van der Waals surface area contributed by atoms with Crippen LogP contribution in [0.5, 0.6) is 5.75 Å². The number of hydrogen-bond acceptors (Lipinski definition) is 5. The molecule has 1 rings (SSSR count). The predicted octanol–water partition coefficient (Wildman–Crippen LogP) is 2.56. The summed E-state index contributed by atoms with van der Waals surface area (Å²) in [7, 11) is 0. The van der Waals surface area contributed by atoms with E-state index in [4.69, 9.17) is 5.26 Å². The van der Waals surface area contributed by atoms with Crippen molar-refractivity contribution < 1.29 is 22.8 Å². The molecule has 0 saturated carbocycles. The van der Waals surface area contributed by atoms with Crippen molar-refractivity contribution in [3.8, 4) is 11.8 Å². The van der Waals surface area contributed by atoms with Crippen LogP contribution in [0.25, 0.3) is 0 Å². The smallest absolute Gasteiger partial charge is 0.401 e. The normalized spacial score (nSPS) is 10.8. The maximum atomic E-state index is 12.1. The van der Waals surface area contributed by atoms with Crippen LogP contribution in [0.15, 0.2) is 6.20 Å². The number of aromatic nitrogens is 1. The number of nitrogens with zero attached hydrogens (tertiary/aromatic N) is 3. The molecule has 0 amide bonds. The molecular weight excluding hydrogens is 370 g/mol. The first-order valence-corrected chi connectivity index (χ1v) is 5.28. The summed E-state index contributed by atoms with van der Waals surface area (Å²) in [6.07, 6.45) is -4.82. The highest BCUT2D eigenvalue weighted by molar-refractivity contribution is 14.1. The number of nitriles is 1. The van der Waals surface area contributed by atoms with Gasteiger partial charge in [-0.2, -0.15) is 5.26 Å². The second-order valence-electron chi connectivity index (χ2n) is 2.88. The van der Waals surface area contributed by atoms with Gasteiger partial charge in [0.2, 0.25) is 0 Å². The summed E-state index contributed by atoms with van der Waals surface area (Å²) in [5.74, 6) is -1.32. The van der Waals surface area contributed by atoms with E-state index in [2.05, 4.69) is 9.72 Å². The number of ether oxygens (including phenoxy) is 1. The van der Waals surface area contributed by atoms with Crippen LogP contribution in [-0.4, -0.2) is 16.3 Å². The van der Waals surface area contributed by atoms with Crippen LogP contribution in [-0.2, 0) is 6.42 Å². The van der Waals surface area contributed by atoms with Crippen LogP contribution < -0.4 is 4.74 Å². The summed E-state index contributed by atoms with van der Waals surface area (Å²) in [6, 6.07) is 1.61. The van der Waals surface area contributed by atoms with Gasteiger partial charge in [0.05, 0.1) is 12.5 Å². The third-order valence-corrected chi connectivity index (χ3v) is 2.85. The van der Waals surface area contributed by atoms with Gasteiger partial charge in [0.15, 0.2) is 11.9 Å². The minimum atomic E-state index is -4.95. The van der Waals surface area contributed by atoms with E-state index in [0.717, 1.165) is 0 Å². The molecule has 0 atom stereocenters. The number of nitro groups is 1. The lowest BCUT2D eigenvalue weighted by Crippen LogP contribution is -2.19. The third-order valence-electron chi connectivity index (χ3n) is 1.72. The van der Waals surface area contributed by atoms with Crippen LogP contribution in [0, 0.1) is 25.0 Å². The number of hydrogen-bond donors (Lipinski definition) is 0. The molecular formula is C8H3F3IN3O3. The van der Waals surface area contributed by atoms with Gasteiger partial charge in [-0.1, -0.05) is 0 Å². The fourth-order valence-corrected chi connectivity index (χ4v) is 1.87. The molecule has 1 heterocycles. The van der Waals surface area contributed by atoms with E-state index in [9.17, 15) is 23.3 Å². The molecule has 0 unspecified atom stereocenters. The zero-order valence-electron chi connectivity index (χ0n) is 8.36. The zero-order valence-corrected chi connectivity index (χ0v) is 10.5. The molecule has 0 fully saturated rings. The standard InChI is InChI=1S/C8H3F3IN3O3/c9-8(10,11)18-5-3-14-7(15(16)17)6(12)4(5)1-2-13/h3H,1H2. The Kier molecular flexibility index (Phi) is 4.28. The molecule has 1 aromatic rings. The molecule has 96 valence electrons. The largest absolute Gasteiger partial charge is 0.573 e. The zero-order chi connectivity index (χ0) is 13.9. The second-order valence-corrected chi connectivity index (χ2v) is 3.96. The van der Waals surface area contributed by atoms with Gasteiger partial charge in [0.25, 0.3) is 0 Å². The van der Waals surface area contributed by atoms with E-state index in [1.54, 1.807) is 6.07 Å². The highest BCUT2D eigenvalue weighted by atomic mass is 127. The molecule has 0 aliphatic rings. The predicted molar refractivity (Wildman–Crippen MR) is 59.6 cm³/mol. The molecule has 6 nitrogen and oxygen atoms in total. The highest BCUT2D eigenvalue weighted by Gasteiger charge is 2.34. The van der Waals surface area contributed by atoms with Crippen molar-refractivity contribution in [1.82, 2.24) is 4.98 Å². The molecule has 0 N–H and O–H groups in total. The van der Waals surface area contributed by atoms with E-state index in [1.807, 2.05) is 0 Å². The van der Waals surface area contributed by atoms with Crippen molar-refractivity contribution >= 4 is 28.4 Å². The summed E-state index contributed by atoms with van der Waals surface area (Å²) >= 11 is 1.45. The van der Waals surface area contributed by atoms with Gasteiger partial charge in [-0.25, -0.2) is 0 Å². The van der Waals surface area contributed by atoms with Crippen molar-refractivity contribution in [3.05, 3.63) is 25.4 Å². The molecule has 0 spiro atoms. The molecule has 0 aliphatic heterocycles. The summed E-state index contributed by atoms with van der Waals surface area (Å²) in [5, 5.41) is 19.1. The summed E-state index contributed by atoms with van der Waals surface area (Å²) in [6.45, 7) is 0. The fourth-order valence-electron chi connectivity index (χ4n) is 1.08. The van der Waals surface area contributed by atoms with Crippen molar-refractivity contribution in [2.24, 2.45) is 0 Å². The van der Waals surface area contributed by atoms with Crippen molar-refractivity contribution in [2.45, 2.75) is 12.8 Å². The van der Waals surface area contributed by atoms with Crippen LogP contribution in [0.3, 0.4) is 0 Å². The molecule has 0 aromatic carbocycles. The van der Waals surface area contributed by atoms with Gasteiger partial charge in [0.1, 0.15) is 3.57 Å². The average molecular weight is 373 g/mol. The first-order chi connectivity index (χ1) is 8.26. The minimum absolute atomic E-state index is 0.152. The molecule has 0 saturated heterocycles. The summed E-state index contributed by atoms with van der Waals surface area (Å²) < 4.78 is 39.8. The molecule has 0 aliphatic carbocycles. The number of rotatable bonds is 3. The SMILES string of the molecule is N#CCc1c(OC(F)(F)F)cnc([N+](=O)[O-])c1I. The Hall–Kier alpha value is -1.64. The van der Waals surface area contributed by atoms with E-state index in [1.165, 1.54) is 22.6 Å². The first kappa shape index (κ1) is 14.4. The van der Waals surface area contributed by atoms with E-state index in [-0.39, 0.29) is 9.13 Å². The van der Waals surface area contributed by atoms with Gasteiger partial charge in [-0.05, 0) is 32.5 Å². The quantitative estimate of drug-likeness (QED) is 0.462. The Bertz CT molecular complexity index is 527. The first-order valence-electron chi connectivity index (χ1n) is 4.20. The van der Waals surface area contributed by atoms with Gasteiger partial charge in [0, 0.05) is 5.56 Å². The molecule has 1 aromatic heterocycles. The molecule has 10 heteroatoms.